The van der Waals surface area contributed by atoms with Crippen molar-refractivity contribution in [1.82, 2.24) is 9.88 Å². The molecule has 1 saturated heterocycles. The summed E-state index contributed by atoms with van der Waals surface area (Å²) in [5.41, 5.74) is 0.847. The second-order valence-electron chi connectivity index (χ2n) is 4.32. The number of pyridine rings is 1. The average Bonchev–Trinajstić information content (AvgIpc) is 2.86. The summed E-state index contributed by atoms with van der Waals surface area (Å²) in [7, 11) is 1.78. The largest absolute Gasteiger partial charge is 0.379 e. The molecule has 2 rings (SSSR count). The van der Waals surface area contributed by atoms with E-state index in [1.165, 1.54) is 0 Å². The predicted octanol–water partition coefficient (Wildman–Crippen LogP) is 2.41. The van der Waals surface area contributed by atoms with Gasteiger partial charge in [0.1, 0.15) is 5.82 Å². The van der Waals surface area contributed by atoms with Crippen molar-refractivity contribution in [3.63, 3.8) is 0 Å². The number of nitrogens with zero attached hydrogens (tertiary/aromatic N) is 2. The summed E-state index contributed by atoms with van der Waals surface area (Å²) >= 11 is 3.38. The molecule has 0 aliphatic carbocycles. The molecule has 0 bridgehead atoms. The standard InChI is InChI=1S/C12H16BrN3O2/c1-8-10(13)3-4-11(14-8)15-12(17)16(2)9-5-6-18-7-9/h3-4,9H,5-7H2,1-2H3,(H,14,15,17)/t9-/m0/s1. The molecule has 1 aliphatic heterocycles. The van der Waals surface area contributed by atoms with Crippen molar-refractivity contribution in [1.29, 1.82) is 0 Å². The summed E-state index contributed by atoms with van der Waals surface area (Å²) in [5.74, 6) is 0.562. The Bertz CT molecular complexity index is 447. The molecule has 1 aromatic rings. The molecule has 1 N–H and O–H groups in total. The first-order valence-corrected chi connectivity index (χ1v) is 6.62. The summed E-state index contributed by atoms with van der Waals surface area (Å²) in [6.07, 6.45) is 0.886. The number of hydrogen-bond acceptors (Lipinski definition) is 3. The average molecular weight is 314 g/mol. The smallest absolute Gasteiger partial charge is 0.323 e. The molecule has 5 nitrogen and oxygen atoms in total. The van der Waals surface area contributed by atoms with E-state index in [-0.39, 0.29) is 12.1 Å². The number of likely N-dealkylation sites (N-methyl/N-ethyl adjacent to an activating group) is 1. The number of aromatic nitrogens is 1. The molecule has 0 aromatic carbocycles. The molecule has 0 radical (unpaired) electrons. The maximum Gasteiger partial charge on any atom is 0.323 e. The van der Waals surface area contributed by atoms with E-state index in [2.05, 4.69) is 26.2 Å². The molecule has 0 unspecified atom stereocenters. The monoisotopic (exact) mass is 313 g/mol. The summed E-state index contributed by atoms with van der Waals surface area (Å²) < 4.78 is 6.20. The second kappa shape index (κ2) is 5.67. The zero-order chi connectivity index (χ0) is 13.1. The molecule has 98 valence electrons. The van der Waals surface area contributed by atoms with E-state index in [0.29, 0.717) is 12.4 Å². The van der Waals surface area contributed by atoms with E-state index in [1.54, 1.807) is 18.0 Å². The van der Waals surface area contributed by atoms with E-state index in [0.717, 1.165) is 23.2 Å². The van der Waals surface area contributed by atoms with Crippen LogP contribution in [-0.4, -0.2) is 42.2 Å². The number of carbonyl (C=O) groups excluding carboxylic acids is 1. The van der Waals surface area contributed by atoms with Gasteiger partial charge in [0.2, 0.25) is 0 Å². The van der Waals surface area contributed by atoms with Gasteiger partial charge in [0.25, 0.3) is 0 Å². The van der Waals surface area contributed by atoms with Crippen molar-refractivity contribution in [2.75, 3.05) is 25.6 Å². The van der Waals surface area contributed by atoms with Crippen LogP contribution < -0.4 is 5.32 Å². The zero-order valence-electron chi connectivity index (χ0n) is 10.4. The Kier molecular flexibility index (Phi) is 4.19. The maximum absolute atomic E-state index is 12.0. The minimum Gasteiger partial charge on any atom is -0.379 e. The molecule has 2 amide bonds. The van der Waals surface area contributed by atoms with Crippen LogP contribution >= 0.6 is 15.9 Å². The van der Waals surface area contributed by atoms with Gasteiger partial charge in [-0.25, -0.2) is 9.78 Å². The number of hydrogen-bond donors (Lipinski definition) is 1. The molecule has 6 heteroatoms. The number of rotatable bonds is 2. The first-order valence-electron chi connectivity index (χ1n) is 5.82. The normalized spacial score (nSPS) is 18.7. The summed E-state index contributed by atoms with van der Waals surface area (Å²) in [5, 5.41) is 2.79. The van der Waals surface area contributed by atoms with Crippen LogP contribution in [0.15, 0.2) is 16.6 Å². The summed E-state index contributed by atoms with van der Waals surface area (Å²) in [4.78, 5) is 18.0. The highest BCUT2D eigenvalue weighted by atomic mass is 79.9. The lowest BCUT2D eigenvalue weighted by atomic mass is 10.2. The number of ether oxygens (including phenoxy) is 1. The lowest BCUT2D eigenvalue weighted by Crippen LogP contribution is -2.40. The van der Waals surface area contributed by atoms with Crippen LogP contribution in [0, 0.1) is 6.92 Å². The van der Waals surface area contributed by atoms with E-state index in [1.807, 2.05) is 13.0 Å². The number of halogens is 1. The Morgan fingerprint density at radius 3 is 3.00 bits per heavy atom. The molecular weight excluding hydrogens is 298 g/mol. The van der Waals surface area contributed by atoms with Gasteiger partial charge < -0.3 is 9.64 Å². The number of urea groups is 1. The van der Waals surface area contributed by atoms with Crippen LogP contribution in [0.1, 0.15) is 12.1 Å². The highest BCUT2D eigenvalue weighted by Crippen LogP contribution is 2.17. The topological polar surface area (TPSA) is 54.5 Å². The summed E-state index contributed by atoms with van der Waals surface area (Å²) in [6, 6.07) is 3.64. The van der Waals surface area contributed by atoms with Gasteiger partial charge in [0.15, 0.2) is 0 Å². The van der Waals surface area contributed by atoms with Crippen LogP contribution in [0.5, 0.6) is 0 Å². The van der Waals surface area contributed by atoms with Crippen molar-refractivity contribution >= 4 is 27.8 Å². The first kappa shape index (κ1) is 13.3. The van der Waals surface area contributed by atoms with E-state index >= 15 is 0 Å². The number of carbonyl (C=O) groups is 1. The van der Waals surface area contributed by atoms with Crippen molar-refractivity contribution in [3.05, 3.63) is 22.3 Å². The highest BCUT2D eigenvalue weighted by Gasteiger charge is 2.24. The van der Waals surface area contributed by atoms with Gasteiger partial charge in [-0.05, 0) is 41.4 Å². The van der Waals surface area contributed by atoms with Crippen LogP contribution in [0.3, 0.4) is 0 Å². The third-order valence-electron chi connectivity index (χ3n) is 3.03. The van der Waals surface area contributed by atoms with Gasteiger partial charge in [0, 0.05) is 18.1 Å². The van der Waals surface area contributed by atoms with Crippen LogP contribution in [0.25, 0.3) is 0 Å². The van der Waals surface area contributed by atoms with Gasteiger partial charge in [-0.15, -0.1) is 0 Å². The third kappa shape index (κ3) is 3.00. The van der Waals surface area contributed by atoms with Crippen LogP contribution in [0.4, 0.5) is 10.6 Å². The van der Waals surface area contributed by atoms with Crippen molar-refractivity contribution in [2.45, 2.75) is 19.4 Å². The van der Waals surface area contributed by atoms with Gasteiger partial charge in [-0.2, -0.15) is 0 Å². The van der Waals surface area contributed by atoms with Gasteiger partial charge >= 0.3 is 6.03 Å². The molecule has 18 heavy (non-hydrogen) atoms. The fourth-order valence-corrected chi connectivity index (χ4v) is 2.03. The number of amides is 2. The summed E-state index contributed by atoms with van der Waals surface area (Å²) in [6.45, 7) is 3.21. The predicted molar refractivity (Wildman–Crippen MR) is 72.7 cm³/mol. The van der Waals surface area contributed by atoms with E-state index in [4.69, 9.17) is 4.74 Å². The molecule has 1 fully saturated rings. The van der Waals surface area contributed by atoms with Crippen molar-refractivity contribution in [2.24, 2.45) is 0 Å². The zero-order valence-corrected chi connectivity index (χ0v) is 12.0. The Morgan fingerprint density at radius 2 is 2.39 bits per heavy atom. The number of aryl methyl sites for hydroxylation is 1. The molecule has 1 aromatic heterocycles. The molecule has 0 saturated carbocycles. The minimum atomic E-state index is -0.153. The number of anilines is 1. The minimum absolute atomic E-state index is 0.153. The van der Waals surface area contributed by atoms with Crippen molar-refractivity contribution in [3.8, 4) is 0 Å². The van der Waals surface area contributed by atoms with Gasteiger partial charge in [-0.3, -0.25) is 5.32 Å². The second-order valence-corrected chi connectivity index (χ2v) is 5.18. The number of nitrogens with one attached hydrogen (secondary N) is 1. The molecular formula is C12H16BrN3O2. The van der Waals surface area contributed by atoms with Gasteiger partial charge in [0.05, 0.1) is 18.3 Å². The third-order valence-corrected chi connectivity index (χ3v) is 3.87. The first-order chi connectivity index (χ1) is 8.58. The lowest BCUT2D eigenvalue weighted by Gasteiger charge is -2.23. The Balaban J connectivity index is 1.99. The van der Waals surface area contributed by atoms with E-state index < -0.39 is 0 Å². The molecule has 0 spiro atoms. The lowest BCUT2D eigenvalue weighted by molar-refractivity contribution is 0.163. The molecule has 2 heterocycles. The molecule has 1 atom stereocenters. The maximum atomic E-state index is 12.0. The Hall–Kier alpha value is -1.14. The fourth-order valence-electron chi connectivity index (χ4n) is 1.80. The van der Waals surface area contributed by atoms with E-state index in [9.17, 15) is 4.79 Å². The molecule has 1 aliphatic rings. The van der Waals surface area contributed by atoms with Gasteiger partial charge in [-0.1, -0.05) is 0 Å². The Morgan fingerprint density at radius 1 is 1.61 bits per heavy atom. The highest BCUT2D eigenvalue weighted by molar-refractivity contribution is 9.10. The van der Waals surface area contributed by atoms with Crippen LogP contribution in [0.2, 0.25) is 0 Å². The fraction of sp³-hybridized carbons (Fsp3) is 0.500. The Labute approximate surface area is 115 Å². The quantitative estimate of drug-likeness (QED) is 0.912. The SMILES string of the molecule is Cc1nc(NC(=O)N(C)[C@H]2CCOC2)ccc1Br. The van der Waals surface area contributed by atoms with Crippen molar-refractivity contribution < 1.29 is 9.53 Å². The van der Waals surface area contributed by atoms with Crippen LogP contribution in [-0.2, 0) is 4.74 Å².